The fraction of sp³-hybridized carbons (Fsp3) is 0.133. The molecular formula is C15H15N. The van der Waals surface area contributed by atoms with Crippen LogP contribution < -0.4 is 0 Å². The molecule has 0 aliphatic rings. The maximum absolute atomic E-state index is 4.39. The summed E-state index contributed by atoms with van der Waals surface area (Å²) < 4.78 is 0. The molecule has 0 unspecified atom stereocenters. The molecule has 1 aromatic heterocycles. The van der Waals surface area contributed by atoms with Crippen LogP contribution in [0.25, 0.3) is 11.3 Å². The molecule has 1 nitrogen and oxygen atoms in total. The first-order valence-electron chi connectivity index (χ1n) is 5.52. The number of benzene rings is 1. The Balaban J connectivity index is 2.40. The van der Waals surface area contributed by atoms with E-state index in [-0.39, 0.29) is 0 Å². The van der Waals surface area contributed by atoms with E-state index in [0.29, 0.717) is 0 Å². The number of hydrogen-bond acceptors (Lipinski definition) is 1. The zero-order valence-electron chi connectivity index (χ0n) is 9.43. The smallest absolute Gasteiger partial charge is 0.0704 e. The molecule has 80 valence electrons. The zero-order valence-corrected chi connectivity index (χ0v) is 9.43. The second-order valence-electron chi connectivity index (χ2n) is 3.65. The first-order chi connectivity index (χ1) is 7.92. The SMILES string of the molecule is CC=CCc1ccccc1-c1ccccn1. The Kier molecular flexibility index (Phi) is 3.50. The molecule has 0 N–H and O–H groups in total. The Bertz CT molecular complexity index is 472. The van der Waals surface area contributed by atoms with Crippen molar-refractivity contribution in [1.29, 1.82) is 0 Å². The molecule has 0 atom stereocenters. The topological polar surface area (TPSA) is 12.9 Å². The number of nitrogens with zero attached hydrogens (tertiary/aromatic N) is 1. The van der Waals surface area contributed by atoms with Crippen LogP contribution in [0.1, 0.15) is 12.5 Å². The highest BCUT2D eigenvalue weighted by atomic mass is 14.7. The molecule has 0 spiro atoms. The first kappa shape index (κ1) is 10.6. The molecule has 0 aliphatic carbocycles. The van der Waals surface area contributed by atoms with Crippen molar-refractivity contribution in [3.05, 3.63) is 66.4 Å². The van der Waals surface area contributed by atoms with Gasteiger partial charge in [-0.05, 0) is 31.0 Å². The van der Waals surface area contributed by atoms with Crippen LogP contribution in [0.15, 0.2) is 60.8 Å². The predicted molar refractivity (Wildman–Crippen MR) is 68.2 cm³/mol. The van der Waals surface area contributed by atoms with E-state index in [0.717, 1.165) is 12.1 Å². The molecule has 0 fully saturated rings. The molecule has 0 radical (unpaired) electrons. The van der Waals surface area contributed by atoms with Gasteiger partial charge in [0.1, 0.15) is 0 Å². The Hall–Kier alpha value is -1.89. The highest BCUT2D eigenvalue weighted by Gasteiger charge is 2.02. The summed E-state index contributed by atoms with van der Waals surface area (Å²) in [7, 11) is 0. The van der Waals surface area contributed by atoms with Crippen molar-refractivity contribution in [2.45, 2.75) is 13.3 Å². The van der Waals surface area contributed by atoms with Crippen LogP contribution in [0.5, 0.6) is 0 Å². The van der Waals surface area contributed by atoms with E-state index >= 15 is 0 Å². The fourth-order valence-corrected chi connectivity index (χ4v) is 1.72. The van der Waals surface area contributed by atoms with Crippen molar-refractivity contribution in [1.82, 2.24) is 4.98 Å². The summed E-state index contributed by atoms with van der Waals surface area (Å²) >= 11 is 0. The number of aromatic nitrogens is 1. The number of allylic oxidation sites excluding steroid dienone is 2. The van der Waals surface area contributed by atoms with Crippen molar-refractivity contribution in [3.63, 3.8) is 0 Å². The lowest BCUT2D eigenvalue weighted by molar-refractivity contribution is 1.24. The monoisotopic (exact) mass is 209 g/mol. The first-order valence-corrected chi connectivity index (χ1v) is 5.52. The third-order valence-electron chi connectivity index (χ3n) is 2.53. The summed E-state index contributed by atoms with van der Waals surface area (Å²) in [5.41, 5.74) is 3.59. The van der Waals surface area contributed by atoms with E-state index in [1.54, 1.807) is 0 Å². The lowest BCUT2D eigenvalue weighted by Crippen LogP contribution is -1.89. The van der Waals surface area contributed by atoms with Gasteiger partial charge in [0.15, 0.2) is 0 Å². The van der Waals surface area contributed by atoms with E-state index in [9.17, 15) is 0 Å². The van der Waals surface area contributed by atoms with E-state index < -0.39 is 0 Å². The van der Waals surface area contributed by atoms with Crippen LogP contribution in [-0.2, 0) is 6.42 Å². The van der Waals surface area contributed by atoms with Crippen LogP contribution in [0.2, 0.25) is 0 Å². The second kappa shape index (κ2) is 5.26. The highest BCUT2D eigenvalue weighted by molar-refractivity contribution is 5.63. The summed E-state index contributed by atoms with van der Waals surface area (Å²) in [6.45, 7) is 2.05. The zero-order chi connectivity index (χ0) is 11.2. The van der Waals surface area contributed by atoms with Gasteiger partial charge in [-0.3, -0.25) is 4.98 Å². The van der Waals surface area contributed by atoms with Gasteiger partial charge in [-0.2, -0.15) is 0 Å². The fourth-order valence-electron chi connectivity index (χ4n) is 1.72. The van der Waals surface area contributed by atoms with Crippen molar-refractivity contribution in [3.8, 4) is 11.3 Å². The minimum atomic E-state index is 0.962. The lowest BCUT2D eigenvalue weighted by atomic mass is 10.0. The van der Waals surface area contributed by atoms with E-state index in [1.165, 1.54) is 11.1 Å². The van der Waals surface area contributed by atoms with Crippen molar-refractivity contribution < 1.29 is 0 Å². The molecule has 2 rings (SSSR count). The van der Waals surface area contributed by atoms with Gasteiger partial charge in [0.2, 0.25) is 0 Å². The third-order valence-corrected chi connectivity index (χ3v) is 2.53. The van der Waals surface area contributed by atoms with E-state index in [2.05, 4.69) is 47.5 Å². The number of pyridine rings is 1. The van der Waals surface area contributed by atoms with Crippen LogP contribution in [0.3, 0.4) is 0 Å². The van der Waals surface area contributed by atoms with Gasteiger partial charge in [-0.25, -0.2) is 0 Å². The largest absolute Gasteiger partial charge is 0.256 e. The Morgan fingerprint density at radius 3 is 2.62 bits per heavy atom. The molecule has 0 saturated carbocycles. The summed E-state index contributed by atoms with van der Waals surface area (Å²) in [5, 5.41) is 0. The summed E-state index contributed by atoms with van der Waals surface area (Å²) in [6, 6.07) is 14.4. The van der Waals surface area contributed by atoms with Gasteiger partial charge in [-0.15, -0.1) is 0 Å². The average Bonchev–Trinajstić information content (AvgIpc) is 2.38. The summed E-state index contributed by atoms with van der Waals surface area (Å²) in [4.78, 5) is 4.39. The van der Waals surface area contributed by atoms with Gasteiger partial charge in [-0.1, -0.05) is 42.5 Å². The van der Waals surface area contributed by atoms with Gasteiger partial charge < -0.3 is 0 Å². The molecule has 1 heterocycles. The normalized spacial score (nSPS) is 10.8. The number of hydrogen-bond donors (Lipinski definition) is 0. The van der Waals surface area contributed by atoms with Crippen LogP contribution in [-0.4, -0.2) is 4.98 Å². The maximum Gasteiger partial charge on any atom is 0.0704 e. The average molecular weight is 209 g/mol. The Labute approximate surface area is 96.5 Å². The molecule has 0 bridgehead atoms. The molecule has 0 amide bonds. The van der Waals surface area contributed by atoms with Gasteiger partial charge >= 0.3 is 0 Å². The molecule has 2 aromatic rings. The quantitative estimate of drug-likeness (QED) is 0.699. The summed E-state index contributed by atoms with van der Waals surface area (Å²) in [6.07, 6.45) is 7.04. The summed E-state index contributed by atoms with van der Waals surface area (Å²) in [5.74, 6) is 0. The minimum Gasteiger partial charge on any atom is -0.256 e. The Morgan fingerprint density at radius 1 is 1.06 bits per heavy atom. The maximum atomic E-state index is 4.39. The minimum absolute atomic E-state index is 0.962. The van der Waals surface area contributed by atoms with Crippen molar-refractivity contribution in [2.75, 3.05) is 0 Å². The lowest BCUT2D eigenvalue weighted by Gasteiger charge is -2.06. The van der Waals surface area contributed by atoms with Gasteiger partial charge in [0, 0.05) is 11.8 Å². The van der Waals surface area contributed by atoms with Crippen LogP contribution in [0, 0.1) is 0 Å². The van der Waals surface area contributed by atoms with E-state index in [4.69, 9.17) is 0 Å². The van der Waals surface area contributed by atoms with Crippen molar-refractivity contribution in [2.24, 2.45) is 0 Å². The van der Waals surface area contributed by atoms with Crippen LogP contribution in [0.4, 0.5) is 0 Å². The molecule has 0 aliphatic heterocycles. The second-order valence-corrected chi connectivity index (χ2v) is 3.65. The third kappa shape index (κ3) is 2.37. The Morgan fingerprint density at radius 2 is 1.88 bits per heavy atom. The molecule has 16 heavy (non-hydrogen) atoms. The van der Waals surface area contributed by atoms with Crippen molar-refractivity contribution >= 4 is 0 Å². The van der Waals surface area contributed by atoms with E-state index in [1.807, 2.05) is 25.3 Å². The van der Waals surface area contributed by atoms with Gasteiger partial charge in [0.25, 0.3) is 0 Å². The molecule has 1 heteroatoms. The number of rotatable bonds is 3. The molecular weight excluding hydrogens is 194 g/mol. The predicted octanol–water partition coefficient (Wildman–Crippen LogP) is 3.87. The molecule has 1 aromatic carbocycles. The van der Waals surface area contributed by atoms with Gasteiger partial charge in [0.05, 0.1) is 5.69 Å². The molecule has 0 saturated heterocycles. The van der Waals surface area contributed by atoms with Crippen LogP contribution >= 0.6 is 0 Å². The highest BCUT2D eigenvalue weighted by Crippen LogP contribution is 2.21. The standard InChI is InChI=1S/C15H15N/c1-2-3-8-13-9-4-5-10-14(13)15-11-6-7-12-16-15/h2-7,9-12H,8H2,1H3.